The Bertz CT molecular complexity index is 1770. The number of rotatable bonds is 13. The molecule has 0 radical (unpaired) electrons. The number of amides is 1. The number of alkyl halides is 3. The van der Waals surface area contributed by atoms with E-state index >= 15 is 0 Å². The van der Waals surface area contributed by atoms with Crippen molar-refractivity contribution in [2.75, 3.05) is 25.1 Å². The fraction of sp³-hybridized carbons (Fsp3) is 0.263. The second-order valence-electron chi connectivity index (χ2n) is 11.1. The largest absolute Gasteiger partial charge is 0.465 e. The molecule has 4 rings (SSSR count). The summed E-state index contributed by atoms with van der Waals surface area (Å²) in [4.78, 5) is 52.5. The lowest BCUT2D eigenvalue weighted by Gasteiger charge is -2.29. The Balaban J connectivity index is 1.43. The first-order valence-corrected chi connectivity index (χ1v) is 15.6. The highest BCUT2D eigenvalue weighted by Gasteiger charge is 2.50. The molecule has 0 aliphatic heterocycles. The summed E-state index contributed by atoms with van der Waals surface area (Å²) in [7, 11) is 0. The molecule has 4 aromatic carbocycles. The van der Waals surface area contributed by atoms with E-state index in [1.807, 2.05) is 0 Å². The molecule has 1 amide bonds. The van der Waals surface area contributed by atoms with Gasteiger partial charge in [0, 0.05) is 17.7 Å². The van der Waals surface area contributed by atoms with E-state index in [9.17, 15) is 32.3 Å². The monoisotopic (exact) mass is 675 g/mol. The molecule has 0 bridgehead atoms. The van der Waals surface area contributed by atoms with Crippen LogP contribution >= 0.6 is 0 Å². The number of hydrogen-bond acceptors (Lipinski definition) is 7. The van der Waals surface area contributed by atoms with E-state index < -0.39 is 41.0 Å². The number of esters is 3. The molecule has 1 N–H and O–H groups in total. The van der Waals surface area contributed by atoms with Gasteiger partial charge in [0.05, 0.1) is 31.8 Å². The Morgan fingerprint density at radius 2 is 1.33 bits per heavy atom. The summed E-state index contributed by atoms with van der Waals surface area (Å²) in [5, 5.41) is 2.84. The minimum atomic E-state index is -4.47. The number of benzene rings is 4. The van der Waals surface area contributed by atoms with Crippen molar-refractivity contribution in [1.82, 2.24) is 0 Å². The third-order valence-electron chi connectivity index (χ3n) is 7.84. The van der Waals surface area contributed by atoms with Gasteiger partial charge in [-0.1, -0.05) is 72.8 Å². The Morgan fingerprint density at radius 1 is 0.714 bits per heavy atom. The Kier molecular flexibility index (Phi) is 12.0. The average molecular weight is 676 g/mol. The highest BCUT2D eigenvalue weighted by atomic mass is 19.4. The van der Waals surface area contributed by atoms with Gasteiger partial charge in [0.25, 0.3) is 5.91 Å². The van der Waals surface area contributed by atoms with E-state index in [0.717, 1.165) is 12.1 Å². The zero-order valence-electron chi connectivity index (χ0n) is 27.3. The zero-order chi connectivity index (χ0) is 35.6. The van der Waals surface area contributed by atoms with Crippen molar-refractivity contribution in [2.45, 2.75) is 45.2 Å². The topological polar surface area (TPSA) is 108 Å². The Morgan fingerprint density at radius 3 is 1.92 bits per heavy atom. The molecule has 0 heterocycles. The molecule has 11 heteroatoms. The molecule has 0 spiro atoms. The number of carbonyl (C=O) groups excluding carboxylic acids is 4. The van der Waals surface area contributed by atoms with Crippen LogP contribution in [0.15, 0.2) is 97.1 Å². The molecule has 0 unspecified atom stereocenters. The lowest BCUT2D eigenvalue weighted by atomic mass is 9.77. The SMILES string of the molecule is CCOC(=O)C(CCOC(=O)Cc1ccc(NC(=O)c2ccccc2-c2ccc(C(F)(F)F)cc2)c(C)c1)(C(=O)OCC)c1ccccc1. The molecule has 0 saturated heterocycles. The Labute approximate surface area is 282 Å². The van der Waals surface area contributed by atoms with E-state index in [2.05, 4.69) is 5.32 Å². The molecule has 49 heavy (non-hydrogen) atoms. The van der Waals surface area contributed by atoms with E-state index in [1.165, 1.54) is 12.1 Å². The van der Waals surface area contributed by atoms with E-state index in [4.69, 9.17) is 14.2 Å². The van der Waals surface area contributed by atoms with Crippen LogP contribution in [0.1, 0.15) is 52.9 Å². The van der Waals surface area contributed by atoms with Crippen LogP contribution in [-0.2, 0) is 46.6 Å². The third-order valence-corrected chi connectivity index (χ3v) is 7.84. The number of halogens is 3. The van der Waals surface area contributed by atoms with Crippen LogP contribution in [0, 0.1) is 6.92 Å². The first kappa shape index (κ1) is 36.4. The molecule has 0 fully saturated rings. The van der Waals surface area contributed by atoms with Crippen LogP contribution in [0.5, 0.6) is 0 Å². The molecule has 0 aliphatic rings. The predicted octanol–water partition coefficient (Wildman–Crippen LogP) is 7.47. The number of aryl methyl sites for hydroxylation is 1. The van der Waals surface area contributed by atoms with Gasteiger partial charge in [0.15, 0.2) is 5.41 Å². The van der Waals surface area contributed by atoms with Crippen LogP contribution in [0.4, 0.5) is 18.9 Å². The van der Waals surface area contributed by atoms with Gasteiger partial charge in [-0.05, 0) is 72.9 Å². The molecule has 8 nitrogen and oxygen atoms in total. The van der Waals surface area contributed by atoms with Gasteiger partial charge in [0.1, 0.15) is 0 Å². The predicted molar refractivity (Wildman–Crippen MR) is 177 cm³/mol. The van der Waals surface area contributed by atoms with E-state index in [-0.39, 0.29) is 38.2 Å². The maximum atomic E-state index is 13.3. The maximum Gasteiger partial charge on any atom is 0.416 e. The second kappa shape index (κ2) is 16.1. The van der Waals surface area contributed by atoms with Crippen molar-refractivity contribution in [1.29, 1.82) is 0 Å². The molecular weight excluding hydrogens is 639 g/mol. The normalized spacial score (nSPS) is 11.4. The number of ether oxygens (including phenoxy) is 3. The van der Waals surface area contributed by atoms with Gasteiger partial charge in [-0.15, -0.1) is 0 Å². The van der Waals surface area contributed by atoms with Crippen molar-refractivity contribution in [3.05, 3.63) is 125 Å². The minimum Gasteiger partial charge on any atom is -0.465 e. The van der Waals surface area contributed by atoms with Crippen LogP contribution < -0.4 is 5.32 Å². The van der Waals surface area contributed by atoms with Gasteiger partial charge in [0.2, 0.25) is 0 Å². The highest BCUT2D eigenvalue weighted by molar-refractivity contribution is 6.09. The van der Waals surface area contributed by atoms with Crippen molar-refractivity contribution in [3.8, 4) is 11.1 Å². The number of carbonyl (C=O) groups is 4. The lowest BCUT2D eigenvalue weighted by molar-refractivity contribution is -0.167. The van der Waals surface area contributed by atoms with Crippen molar-refractivity contribution < 1.29 is 46.6 Å². The van der Waals surface area contributed by atoms with Gasteiger partial charge >= 0.3 is 24.1 Å². The standard InChI is InChI=1S/C38H36F3NO7/c1-4-47-35(45)37(36(46)48-5-2,28-11-7-6-8-12-28)21-22-49-33(43)24-26-15-20-32(25(3)23-26)42-34(44)31-14-10-9-13-30(31)27-16-18-29(19-17-27)38(39,40)41/h6-20,23H,4-5,21-22,24H2,1-3H3,(H,42,44). The quantitative estimate of drug-likeness (QED) is 0.0890. The fourth-order valence-corrected chi connectivity index (χ4v) is 5.37. The first-order chi connectivity index (χ1) is 23.4. The van der Waals surface area contributed by atoms with Crippen molar-refractivity contribution in [3.63, 3.8) is 0 Å². The second-order valence-corrected chi connectivity index (χ2v) is 11.1. The van der Waals surface area contributed by atoms with Crippen LogP contribution in [0.25, 0.3) is 11.1 Å². The maximum absolute atomic E-state index is 13.3. The summed E-state index contributed by atoms with van der Waals surface area (Å²) in [5.74, 6) is -2.66. The lowest BCUT2D eigenvalue weighted by Crippen LogP contribution is -2.47. The summed E-state index contributed by atoms with van der Waals surface area (Å²) in [6.07, 6.45) is -4.79. The first-order valence-electron chi connectivity index (χ1n) is 15.6. The van der Waals surface area contributed by atoms with Gasteiger partial charge in [-0.2, -0.15) is 13.2 Å². The highest BCUT2D eigenvalue weighted by Crippen LogP contribution is 2.34. The number of hydrogen-bond donors (Lipinski definition) is 1. The zero-order valence-corrected chi connectivity index (χ0v) is 27.3. The number of anilines is 1. The minimum absolute atomic E-state index is 0.0358. The summed E-state index contributed by atoms with van der Waals surface area (Å²) in [6.45, 7) is 4.80. The van der Waals surface area contributed by atoms with Crippen molar-refractivity contribution in [2.24, 2.45) is 0 Å². The van der Waals surface area contributed by atoms with E-state index in [0.29, 0.717) is 33.5 Å². The molecule has 4 aromatic rings. The van der Waals surface area contributed by atoms with Crippen LogP contribution in [-0.4, -0.2) is 43.6 Å². The Hall–Kier alpha value is -5.45. The smallest absolute Gasteiger partial charge is 0.416 e. The molecule has 0 aromatic heterocycles. The van der Waals surface area contributed by atoms with E-state index in [1.54, 1.807) is 93.6 Å². The average Bonchev–Trinajstić information content (AvgIpc) is 3.08. The molecular formula is C38H36F3NO7. The molecule has 256 valence electrons. The van der Waals surface area contributed by atoms with Crippen molar-refractivity contribution >= 4 is 29.5 Å². The van der Waals surface area contributed by atoms with Gasteiger partial charge in [-0.3, -0.25) is 19.2 Å². The van der Waals surface area contributed by atoms with Gasteiger partial charge in [-0.25, -0.2) is 0 Å². The third kappa shape index (κ3) is 8.72. The molecule has 0 atom stereocenters. The summed E-state index contributed by atoms with van der Waals surface area (Å²) < 4.78 is 55.1. The summed E-state index contributed by atoms with van der Waals surface area (Å²) in [6, 6.07) is 24.5. The molecule has 0 aliphatic carbocycles. The molecule has 0 saturated carbocycles. The fourth-order valence-electron chi connectivity index (χ4n) is 5.37. The number of nitrogens with one attached hydrogen (secondary N) is 1. The summed E-state index contributed by atoms with van der Waals surface area (Å²) >= 11 is 0. The van der Waals surface area contributed by atoms with Crippen LogP contribution in [0.3, 0.4) is 0 Å². The summed E-state index contributed by atoms with van der Waals surface area (Å²) in [5.41, 5.74) is 0.656. The van der Waals surface area contributed by atoms with Crippen LogP contribution in [0.2, 0.25) is 0 Å². The van der Waals surface area contributed by atoms with Gasteiger partial charge < -0.3 is 19.5 Å².